The molecule has 5 nitrogen and oxygen atoms in total. The largest absolute Gasteiger partial charge is 0.477 e. The molecule has 0 spiro atoms. The normalized spacial score (nSPS) is 10.7. The maximum absolute atomic E-state index is 13.7. The predicted molar refractivity (Wildman–Crippen MR) is 55.5 cm³/mol. The monoisotopic (exact) mass is 273 g/mol. The van der Waals surface area contributed by atoms with E-state index < -0.39 is 18.4 Å². The van der Waals surface area contributed by atoms with Crippen LogP contribution in [0.25, 0.3) is 11.3 Å². The minimum absolute atomic E-state index is 0.212. The van der Waals surface area contributed by atoms with Crippen LogP contribution in [0, 0.1) is 5.82 Å². The van der Waals surface area contributed by atoms with Gasteiger partial charge in [-0.3, -0.25) is 0 Å². The Morgan fingerprint density at radius 2 is 2.16 bits per heavy atom. The average Bonchev–Trinajstić information content (AvgIpc) is 2.77. The highest BCUT2D eigenvalue weighted by Gasteiger charge is 2.20. The Labute approximate surface area is 104 Å². The van der Waals surface area contributed by atoms with E-state index in [4.69, 9.17) is 5.11 Å². The summed E-state index contributed by atoms with van der Waals surface area (Å²) in [4.78, 5) is 10.8. The van der Waals surface area contributed by atoms with E-state index >= 15 is 0 Å². The lowest BCUT2D eigenvalue weighted by Gasteiger charge is -2.06. The zero-order valence-corrected chi connectivity index (χ0v) is 9.14. The Kier molecular flexibility index (Phi) is 3.41. The summed E-state index contributed by atoms with van der Waals surface area (Å²) in [6.07, 6.45) is 0.917. The molecule has 19 heavy (non-hydrogen) atoms. The summed E-state index contributed by atoms with van der Waals surface area (Å²) in [5.41, 5.74) is -0.544. The smallest absolute Gasteiger partial charge is 0.387 e. The van der Waals surface area contributed by atoms with E-state index in [1.54, 1.807) is 0 Å². The zero-order valence-electron chi connectivity index (χ0n) is 9.14. The fraction of sp³-hybridized carbons (Fsp3) is 0.0909. The van der Waals surface area contributed by atoms with Gasteiger partial charge in [-0.15, -0.1) is 0 Å². The first-order chi connectivity index (χ1) is 8.99. The van der Waals surface area contributed by atoms with Crippen LogP contribution < -0.4 is 4.74 Å². The Bertz CT molecular complexity index is 612. The summed E-state index contributed by atoms with van der Waals surface area (Å²) in [5.74, 6) is -2.98. The molecule has 100 valence electrons. The van der Waals surface area contributed by atoms with Crippen molar-refractivity contribution in [1.29, 1.82) is 0 Å². The summed E-state index contributed by atoms with van der Waals surface area (Å²) in [6, 6.07) is 2.84. The van der Waals surface area contributed by atoms with Crippen LogP contribution in [-0.2, 0) is 0 Å². The lowest BCUT2D eigenvalue weighted by Crippen LogP contribution is -2.02. The first-order valence-corrected chi connectivity index (χ1v) is 4.91. The van der Waals surface area contributed by atoms with Gasteiger partial charge in [-0.05, 0) is 12.1 Å². The van der Waals surface area contributed by atoms with Crippen molar-refractivity contribution in [3.05, 3.63) is 35.8 Å². The van der Waals surface area contributed by atoms with Crippen LogP contribution in [0.5, 0.6) is 5.75 Å². The molecule has 0 aliphatic heterocycles. The Morgan fingerprint density at radius 1 is 1.42 bits per heavy atom. The van der Waals surface area contributed by atoms with Crippen molar-refractivity contribution in [2.24, 2.45) is 0 Å². The lowest BCUT2D eigenvalue weighted by molar-refractivity contribution is -0.0499. The van der Waals surface area contributed by atoms with Crippen molar-refractivity contribution in [1.82, 2.24) is 5.16 Å². The van der Waals surface area contributed by atoms with Crippen LogP contribution in [-0.4, -0.2) is 22.8 Å². The number of hydrogen-bond donors (Lipinski definition) is 1. The Hall–Kier alpha value is -2.51. The number of halogens is 3. The van der Waals surface area contributed by atoms with E-state index in [1.807, 2.05) is 0 Å². The minimum atomic E-state index is -3.08. The molecule has 8 heteroatoms. The van der Waals surface area contributed by atoms with E-state index in [9.17, 15) is 18.0 Å². The van der Waals surface area contributed by atoms with Crippen molar-refractivity contribution in [2.75, 3.05) is 0 Å². The van der Waals surface area contributed by atoms with Gasteiger partial charge in [0.15, 0.2) is 5.76 Å². The van der Waals surface area contributed by atoms with Gasteiger partial charge in [-0.2, -0.15) is 8.78 Å². The van der Waals surface area contributed by atoms with E-state index in [2.05, 4.69) is 14.4 Å². The van der Waals surface area contributed by atoms with Gasteiger partial charge in [0.25, 0.3) is 0 Å². The van der Waals surface area contributed by atoms with Gasteiger partial charge in [-0.25, -0.2) is 9.18 Å². The number of carboxylic acid groups (broad SMARTS) is 1. The number of rotatable bonds is 4. The molecule has 0 radical (unpaired) electrons. The van der Waals surface area contributed by atoms with Crippen molar-refractivity contribution in [2.45, 2.75) is 6.61 Å². The standard InChI is InChI=1S/C11H6F3NO4/c12-8-3-5(18-11(13)14)1-2-6(8)9-7(10(16)17)4-15-19-9/h1-4,11H,(H,16,17). The SMILES string of the molecule is O=C(O)c1cnoc1-c1ccc(OC(F)F)cc1F. The molecule has 0 aliphatic carbocycles. The van der Waals surface area contributed by atoms with Crippen molar-refractivity contribution in [3.8, 4) is 17.1 Å². The third-order valence-corrected chi connectivity index (χ3v) is 2.21. The van der Waals surface area contributed by atoms with Crippen molar-refractivity contribution < 1.29 is 32.3 Å². The number of ether oxygens (including phenoxy) is 1. The zero-order chi connectivity index (χ0) is 14.0. The lowest BCUT2D eigenvalue weighted by atomic mass is 10.1. The fourth-order valence-electron chi connectivity index (χ4n) is 1.44. The highest BCUT2D eigenvalue weighted by atomic mass is 19.3. The van der Waals surface area contributed by atoms with Gasteiger partial charge in [0.05, 0.1) is 11.8 Å². The van der Waals surface area contributed by atoms with Gasteiger partial charge in [0, 0.05) is 6.07 Å². The molecule has 1 aromatic heterocycles. The number of carbonyl (C=O) groups is 1. The predicted octanol–water partition coefficient (Wildman–Crippen LogP) is 2.78. The topological polar surface area (TPSA) is 72.6 Å². The van der Waals surface area contributed by atoms with E-state index in [1.165, 1.54) is 0 Å². The number of alkyl halides is 2. The number of carboxylic acids is 1. The molecular formula is C11H6F3NO4. The molecular weight excluding hydrogens is 267 g/mol. The third-order valence-electron chi connectivity index (χ3n) is 2.21. The second-order valence-electron chi connectivity index (χ2n) is 3.39. The number of nitrogens with zero attached hydrogens (tertiary/aromatic N) is 1. The quantitative estimate of drug-likeness (QED) is 0.927. The second-order valence-corrected chi connectivity index (χ2v) is 3.39. The number of hydrogen-bond acceptors (Lipinski definition) is 4. The summed E-state index contributed by atoms with van der Waals surface area (Å²) in [6.45, 7) is -3.08. The van der Waals surface area contributed by atoms with Gasteiger partial charge < -0.3 is 14.4 Å². The summed E-state index contributed by atoms with van der Waals surface area (Å²) in [7, 11) is 0. The summed E-state index contributed by atoms with van der Waals surface area (Å²) < 4.78 is 46.3. The van der Waals surface area contributed by atoms with Crippen LogP contribution in [0.3, 0.4) is 0 Å². The number of aromatic nitrogens is 1. The molecule has 0 bridgehead atoms. The van der Waals surface area contributed by atoms with Gasteiger partial charge in [-0.1, -0.05) is 5.16 Å². The maximum atomic E-state index is 13.7. The summed E-state index contributed by atoms with van der Waals surface area (Å²) >= 11 is 0. The molecule has 0 saturated carbocycles. The van der Waals surface area contributed by atoms with E-state index in [-0.39, 0.29) is 22.6 Å². The van der Waals surface area contributed by atoms with Crippen LogP contribution in [0.2, 0.25) is 0 Å². The average molecular weight is 273 g/mol. The maximum Gasteiger partial charge on any atom is 0.387 e. The molecule has 0 amide bonds. The number of aromatic carboxylic acids is 1. The molecule has 1 aromatic carbocycles. The van der Waals surface area contributed by atoms with Crippen LogP contribution in [0.1, 0.15) is 10.4 Å². The number of benzene rings is 1. The highest BCUT2D eigenvalue weighted by molar-refractivity contribution is 5.93. The van der Waals surface area contributed by atoms with Gasteiger partial charge >= 0.3 is 12.6 Å². The van der Waals surface area contributed by atoms with E-state index in [0.29, 0.717) is 6.07 Å². The fourth-order valence-corrected chi connectivity index (χ4v) is 1.44. The second kappa shape index (κ2) is 5.01. The Balaban J connectivity index is 2.41. The molecule has 2 rings (SSSR count). The van der Waals surface area contributed by atoms with Crippen LogP contribution in [0.15, 0.2) is 28.9 Å². The molecule has 0 saturated heterocycles. The molecule has 1 N–H and O–H groups in total. The molecule has 1 heterocycles. The third kappa shape index (κ3) is 2.67. The van der Waals surface area contributed by atoms with Gasteiger partial charge in [0.2, 0.25) is 0 Å². The Morgan fingerprint density at radius 3 is 2.74 bits per heavy atom. The van der Waals surface area contributed by atoms with Crippen molar-refractivity contribution in [3.63, 3.8) is 0 Å². The summed E-state index contributed by atoms with van der Waals surface area (Å²) in [5, 5.41) is 12.1. The first kappa shape index (κ1) is 12.9. The van der Waals surface area contributed by atoms with Gasteiger partial charge in [0.1, 0.15) is 17.1 Å². The highest BCUT2D eigenvalue weighted by Crippen LogP contribution is 2.29. The van der Waals surface area contributed by atoms with E-state index in [0.717, 1.165) is 18.3 Å². The molecule has 0 atom stereocenters. The molecule has 2 aromatic rings. The van der Waals surface area contributed by atoms with Crippen LogP contribution in [0.4, 0.5) is 13.2 Å². The van der Waals surface area contributed by atoms with Crippen molar-refractivity contribution >= 4 is 5.97 Å². The minimum Gasteiger partial charge on any atom is -0.477 e. The molecule has 0 unspecified atom stereocenters. The van der Waals surface area contributed by atoms with Crippen LogP contribution >= 0.6 is 0 Å². The molecule has 0 fully saturated rings. The molecule has 0 aliphatic rings. The first-order valence-electron chi connectivity index (χ1n) is 4.91.